The molecule has 0 spiro atoms. The molecule has 2 rings (SSSR count). The smallest absolute Gasteiger partial charge is 0.338 e. The normalized spacial score (nSPS) is 17.1. The number of aliphatic carboxylic acids is 1. The zero-order chi connectivity index (χ0) is 107. The Morgan fingerprint density at radius 3 is 1.39 bits per heavy atom. The molecule has 0 saturated heterocycles. The molecule has 19 amide bonds. The number of H-pyrrole nitrogens is 1. The number of carbonyl (C=O) groups excluding carboxylic acids is 19. The van der Waals surface area contributed by atoms with Gasteiger partial charge in [0.25, 0.3) is 0 Å². The Bertz CT molecular complexity index is 4420. The van der Waals surface area contributed by atoms with Gasteiger partial charge in [-0.1, -0.05) is 121 Å². The summed E-state index contributed by atoms with van der Waals surface area (Å²) >= 11 is 1.38. The number of rotatable bonds is 65. The second kappa shape index (κ2) is 66.0. The van der Waals surface area contributed by atoms with Crippen LogP contribution in [0.5, 0.6) is 0 Å². The summed E-state index contributed by atoms with van der Waals surface area (Å²) in [7, 11) is 0. The maximum atomic E-state index is 14.9. The highest BCUT2D eigenvalue weighted by molar-refractivity contribution is 7.98. The van der Waals surface area contributed by atoms with Crippen molar-refractivity contribution in [2.24, 2.45) is 69.9 Å². The summed E-state index contributed by atoms with van der Waals surface area (Å²) in [6.07, 6.45) is 7.43. The number of hydrogen-bond donors (Lipinski definition) is 28. The van der Waals surface area contributed by atoms with E-state index in [0.717, 1.165) is 4.90 Å². The molecule has 2 heterocycles. The number of carboxylic acids is 1. The van der Waals surface area contributed by atoms with Gasteiger partial charge < -0.3 is 122 Å². The highest BCUT2D eigenvalue weighted by atomic mass is 32.2. The predicted molar refractivity (Wildman–Crippen MR) is 525 cm³/mol. The van der Waals surface area contributed by atoms with Crippen molar-refractivity contribution in [1.29, 1.82) is 0 Å². The molecule has 18 atom stereocenters. The minimum absolute atomic E-state index is 0.0257. The monoisotopic (exact) mass is 2030 g/mol. The molecule has 800 valence electrons. The lowest BCUT2D eigenvalue weighted by molar-refractivity contribution is -0.460. The molecule has 0 aliphatic carbocycles. The number of aromatic nitrogens is 2. The van der Waals surface area contributed by atoms with Crippen molar-refractivity contribution in [2.75, 3.05) is 51.3 Å². The molecule has 1 aliphatic heterocycles. The maximum Gasteiger partial charge on any atom is 0.338 e. The number of aromatic amines is 1. The fraction of sp³-hybridized carbons (Fsp3) is 0.703. The zero-order valence-corrected chi connectivity index (χ0v) is 85.5. The van der Waals surface area contributed by atoms with Gasteiger partial charge >= 0.3 is 17.9 Å². The van der Waals surface area contributed by atoms with E-state index in [1.165, 1.54) is 51.1 Å². The van der Waals surface area contributed by atoms with E-state index in [-0.39, 0.29) is 127 Å². The predicted octanol–water partition coefficient (Wildman–Crippen LogP) is -10.1. The van der Waals surface area contributed by atoms with Crippen molar-refractivity contribution in [3.63, 3.8) is 0 Å². The number of allylic oxidation sites excluding steroid dienone is 1. The van der Waals surface area contributed by atoms with Crippen LogP contribution < -0.4 is 135 Å². The van der Waals surface area contributed by atoms with Gasteiger partial charge in [-0.2, -0.15) is 11.8 Å². The first-order valence-corrected chi connectivity index (χ1v) is 49.9. The van der Waals surface area contributed by atoms with Gasteiger partial charge in [-0.3, -0.25) is 124 Å². The third-order valence-electron chi connectivity index (χ3n) is 23.3. The van der Waals surface area contributed by atoms with E-state index in [4.69, 9.17) is 34.4 Å². The number of quaternary nitrogens is 1. The van der Waals surface area contributed by atoms with Crippen LogP contribution >= 0.6 is 11.8 Å². The van der Waals surface area contributed by atoms with Gasteiger partial charge in [0, 0.05) is 37.7 Å². The maximum absolute atomic E-state index is 14.9. The summed E-state index contributed by atoms with van der Waals surface area (Å²) in [4.78, 5) is 293. The number of carbonyl (C=O) groups is 20. The number of guanidine groups is 2. The molecule has 0 bridgehead atoms. The number of aliphatic hydroxyl groups excluding tert-OH is 1. The fourth-order valence-corrected chi connectivity index (χ4v) is 15.3. The fourth-order valence-electron chi connectivity index (χ4n) is 14.8. The van der Waals surface area contributed by atoms with Gasteiger partial charge in [0.1, 0.15) is 96.7 Å². The lowest BCUT2D eigenvalue weighted by Crippen LogP contribution is -2.78. The quantitative estimate of drug-likeness (QED) is 0.0125. The molecule has 142 heavy (non-hydrogen) atoms. The Balaban J connectivity index is 2.57. The van der Waals surface area contributed by atoms with Crippen LogP contribution in [0.4, 0.5) is 0 Å². The lowest BCUT2D eigenvalue weighted by atomic mass is 9.96. The highest BCUT2D eigenvalue weighted by Crippen LogP contribution is 2.19. The van der Waals surface area contributed by atoms with Crippen LogP contribution in [0.2, 0.25) is 0 Å². The van der Waals surface area contributed by atoms with Crippen LogP contribution in [0.15, 0.2) is 24.7 Å². The number of carboxylic acid groups (broad SMARTS) is 1. The second-order valence-electron chi connectivity index (χ2n) is 37.2. The topological polar surface area (TPSA) is 818 Å². The molecule has 51 heteroatoms. The minimum Gasteiger partial charge on any atom is -0.480 e. The Morgan fingerprint density at radius 2 is 0.944 bits per heavy atom. The van der Waals surface area contributed by atoms with E-state index in [0.29, 0.717) is 43.7 Å². The molecule has 0 radical (unpaired) electrons. The van der Waals surface area contributed by atoms with Crippen LogP contribution in [-0.4, -0.2) is 303 Å². The van der Waals surface area contributed by atoms with Crippen LogP contribution in [0.3, 0.4) is 0 Å². The summed E-state index contributed by atoms with van der Waals surface area (Å²) in [6.45, 7) is 21.6. The second-order valence-corrected chi connectivity index (χ2v) is 38.1. The molecule has 1 aromatic heterocycles. The molecule has 0 fully saturated rings. The van der Waals surface area contributed by atoms with E-state index < -0.39 is 271 Å². The summed E-state index contributed by atoms with van der Waals surface area (Å²) in [5.74, 6) is -21.4. The highest BCUT2D eigenvalue weighted by Gasteiger charge is 2.42. The first-order chi connectivity index (χ1) is 66.9. The van der Waals surface area contributed by atoms with Crippen molar-refractivity contribution in [3.05, 3.63) is 30.4 Å². The van der Waals surface area contributed by atoms with Crippen LogP contribution in [0, 0.1) is 35.5 Å². The molecule has 0 aromatic carbocycles. The lowest BCUT2D eigenvalue weighted by Gasteiger charge is -2.31. The summed E-state index contributed by atoms with van der Waals surface area (Å²) < 4.78 is 0. The van der Waals surface area contributed by atoms with Crippen molar-refractivity contribution >= 4 is 142 Å². The van der Waals surface area contributed by atoms with E-state index >= 15 is 0 Å². The largest absolute Gasteiger partial charge is 0.480 e. The molecular formula is C91H161N28O22S+3. The van der Waals surface area contributed by atoms with E-state index in [2.05, 4.69) is 111 Å². The number of hydrogen-bond acceptors (Lipinski definition) is 23. The first-order valence-electron chi connectivity index (χ1n) is 48.5. The van der Waals surface area contributed by atoms with Gasteiger partial charge in [-0.25, -0.2) is 9.78 Å². The molecular weight excluding hydrogens is 1870 g/mol. The molecule has 36 N–H and O–H groups in total. The summed E-state index contributed by atoms with van der Waals surface area (Å²) in [6, 6.07) is -23.2. The van der Waals surface area contributed by atoms with Crippen LogP contribution in [0.1, 0.15) is 225 Å². The van der Waals surface area contributed by atoms with Gasteiger partial charge in [0.2, 0.25) is 112 Å². The van der Waals surface area contributed by atoms with Gasteiger partial charge in [-0.05, 0) is 138 Å². The van der Waals surface area contributed by atoms with Gasteiger partial charge in [0.15, 0.2) is 0 Å². The summed E-state index contributed by atoms with van der Waals surface area (Å²) in [5.41, 5.74) is 37.9. The van der Waals surface area contributed by atoms with Gasteiger partial charge in [-0.15, -0.1) is 0 Å². The Hall–Kier alpha value is -12.8. The number of nitrogens with zero attached hydrogens (tertiary/aromatic N) is 2. The number of thioether (sulfide) groups is 1. The SMILES string of the molecule is CCC[C@H](NC(=O)[C@H](CCCC[NH3+])NC(=O)[C@H](CCC[NH+]=C(N)N)NC(=O)[C@@H](NC(=O)[C@H](Cc1cnc[nH]1)NC(=O)[C@H](C)NC(=O)[C@H](CCC(N)=O)NC(=O)[C@@H](NC(=O)[C@H](CCC[NH+]=C(N)N)NC(=O)[C@H](CC(C)C)NC(=O)[C@H](CC(C)C)NC(=O)[C@H](CO)NC(=O)CN1C/C=C/CCC(=O)N[C@@H](CC(N)=O)C(=O)N[C@@H]([C@@H](C)CC)C1=O)C(C)C)[C@@H](C)CC)C(=O)N[C@@H](CCSC)C(=O)N[C@H](C(=O)O)C(C)C. The number of nitrogens with one attached hydrogen (secondary N) is 19. The minimum atomic E-state index is -1.75. The number of imidazole rings is 1. The van der Waals surface area contributed by atoms with Crippen molar-refractivity contribution < 1.29 is 122 Å². The van der Waals surface area contributed by atoms with Crippen molar-refractivity contribution in [2.45, 2.75) is 322 Å². The van der Waals surface area contributed by atoms with E-state index in [9.17, 15) is 106 Å². The Labute approximate surface area is 833 Å². The van der Waals surface area contributed by atoms with Crippen LogP contribution in [-0.2, 0) is 102 Å². The van der Waals surface area contributed by atoms with Crippen LogP contribution in [0.25, 0.3) is 0 Å². The standard InChI is InChI=1S/C91H158N28O22S/c1-16-26-55(76(127)109-60(33-38-142-15)80(131)116-71(50(10)11)89(140)141)106-77(128)56(27-21-22-34-92)107-78(129)57(28-24-35-100-90(95)96)110-87(138)72(51(12)17-2)117-83(134)63(41-54-43-99-46-102-54)112-74(125)53(14)103-75(126)59(31-32-66(93)121)111-86(137)70(49(8)9)115-79(130)58(29-25-36-101-91(97)98)108-81(132)61(39-47(4)5)113-82(133)62(40-48(6)7)114-85(136)65(45-120)105-69(124)44-119-37-23-19-20-30-68(123)104-64(42-67(94)122)84(135)118-73(88(119)139)52(13)18-3/h19,23,43,46-53,55-65,70-73,120H,16-18,20-22,24-42,44-45,92H2,1-15H3,(H2,93,121)(H2,94,122)(H,99,102)(H,103,126)(H,104,123)(H,105,124)(H,106,128)(H,107,129)(H,108,132)(H,109,127)(H,110,138)(H,111,137)(H,112,125)(H,113,133)(H,114,136)(H,115,130)(H,116,131)(H,117,134)(H,118,135)(H,140,141)(H4,95,96,100)(H4,97,98,101)/p+3/b23-19+/t51-,52-,53-,55-,56-,57-,58-,59-,60-,61-,62-,63-,64-,65-,70-,71-,72-,73-/m0/s1. The Morgan fingerprint density at radius 1 is 0.500 bits per heavy atom. The molecule has 50 nitrogen and oxygen atoms in total. The number of amides is 19. The van der Waals surface area contributed by atoms with E-state index in [1.807, 2.05) is 0 Å². The molecule has 1 aromatic rings. The number of primary amides is 2. The molecule has 1 aliphatic rings. The average Bonchev–Trinajstić information content (AvgIpc) is 1.09. The number of nitrogens with two attached hydrogens (primary N) is 6. The third kappa shape index (κ3) is 47.2. The Kier molecular flexibility index (Phi) is 58.2. The van der Waals surface area contributed by atoms with Crippen molar-refractivity contribution in [3.8, 4) is 0 Å². The zero-order valence-electron chi connectivity index (χ0n) is 84.6. The number of unbranched alkanes of at least 4 members (excludes halogenated alkanes) is 1. The number of aliphatic hydroxyl groups is 1. The molecule has 0 saturated carbocycles. The average molecular weight is 2030 g/mol. The first kappa shape index (κ1) is 125. The summed E-state index contributed by atoms with van der Waals surface area (Å²) in [5, 5.41) is 62.3. The van der Waals surface area contributed by atoms with E-state index in [1.54, 1.807) is 88.5 Å². The third-order valence-corrected chi connectivity index (χ3v) is 24.0. The van der Waals surface area contributed by atoms with Crippen molar-refractivity contribution in [1.82, 2.24) is 99.9 Å². The molecule has 0 unspecified atom stereocenters. The van der Waals surface area contributed by atoms with Gasteiger partial charge in [0.05, 0.1) is 45.5 Å².